The van der Waals surface area contributed by atoms with E-state index in [0.717, 1.165) is 0 Å². The molecule has 92 valence electrons. The van der Waals surface area contributed by atoms with Crippen LogP contribution in [-0.4, -0.2) is 0 Å². The number of nitrogens with zero attached hydrogens (tertiary/aromatic N) is 2. The van der Waals surface area contributed by atoms with E-state index in [9.17, 15) is 4.39 Å². The highest BCUT2D eigenvalue weighted by atomic mass is 79.9. The van der Waals surface area contributed by atoms with Crippen molar-refractivity contribution >= 4 is 27.3 Å². The van der Waals surface area contributed by atoms with Gasteiger partial charge in [-0.1, -0.05) is 0 Å². The lowest BCUT2D eigenvalue weighted by Gasteiger charge is -2.10. The molecule has 0 atom stereocenters. The standard InChI is InChI=1S/C14H7BrFN3/c15-12-5-9(7-17)1-3-14(12)19-13-4-2-11(16)6-10(13)8-18/h1-6,19H. The Bertz CT molecular complexity index is 714. The summed E-state index contributed by atoms with van der Waals surface area (Å²) in [6.45, 7) is 0. The fourth-order valence-electron chi connectivity index (χ4n) is 1.55. The lowest BCUT2D eigenvalue weighted by atomic mass is 10.1. The molecule has 0 saturated carbocycles. The Hall–Kier alpha value is -2.37. The molecule has 2 aromatic rings. The molecule has 0 saturated heterocycles. The molecule has 2 rings (SSSR count). The number of nitrogens with one attached hydrogen (secondary N) is 1. The molecular formula is C14H7BrFN3. The average molecular weight is 316 g/mol. The first kappa shape index (κ1) is 13.1. The molecule has 0 heterocycles. The molecule has 0 aromatic heterocycles. The number of halogens is 2. The zero-order valence-electron chi connectivity index (χ0n) is 9.61. The van der Waals surface area contributed by atoms with E-state index in [2.05, 4.69) is 21.2 Å². The molecule has 0 aliphatic carbocycles. The van der Waals surface area contributed by atoms with E-state index in [1.807, 2.05) is 12.1 Å². The van der Waals surface area contributed by atoms with E-state index in [1.165, 1.54) is 18.2 Å². The molecule has 0 spiro atoms. The van der Waals surface area contributed by atoms with Gasteiger partial charge in [0.1, 0.15) is 11.9 Å². The molecule has 0 aliphatic heterocycles. The number of benzene rings is 2. The van der Waals surface area contributed by atoms with Crippen molar-refractivity contribution in [1.29, 1.82) is 10.5 Å². The van der Waals surface area contributed by atoms with Crippen molar-refractivity contribution < 1.29 is 4.39 Å². The zero-order chi connectivity index (χ0) is 13.8. The van der Waals surface area contributed by atoms with Gasteiger partial charge in [0.25, 0.3) is 0 Å². The van der Waals surface area contributed by atoms with Crippen LogP contribution in [0.1, 0.15) is 11.1 Å². The van der Waals surface area contributed by atoms with E-state index in [0.29, 0.717) is 21.4 Å². The maximum atomic E-state index is 13.0. The monoisotopic (exact) mass is 315 g/mol. The topological polar surface area (TPSA) is 59.6 Å². The van der Waals surface area contributed by atoms with Gasteiger partial charge in [-0.25, -0.2) is 4.39 Å². The summed E-state index contributed by atoms with van der Waals surface area (Å²) in [7, 11) is 0. The van der Waals surface area contributed by atoms with Crippen LogP contribution in [0.15, 0.2) is 40.9 Å². The summed E-state index contributed by atoms with van der Waals surface area (Å²) in [6, 6.07) is 12.9. The first-order valence-electron chi connectivity index (χ1n) is 5.30. The van der Waals surface area contributed by atoms with Gasteiger partial charge in [-0.3, -0.25) is 0 Å². The Balaban J connectivity index is 2.37. The summed E-state index contributed by atoms with van der Waals surface area (Å²) in [5.41, 5.74) is 1.95. The van der Waals surface area contributed by atoms with Crippen LogP contribution in [0.25, 0.3) is 0 Å². The van der Waals surface area contributed by atoms with Gasteiger partial charge in [-0.05, 0) is 52.3 Å². The van der Waals surface area contributed by atoms with Crippen LogP contribution in [0.2, 0.25) is 0 Å². The highest BCUT2D eigenvalue weighted by Crippen LogP contribution is 2.28. The molecular weight excluding hydrogens is 309 g/mol. The lowest BCUT2D eigenvalue weighted by Crippen LogP contribution is -1.95. The molecule has 1 N–H and O–H groups in total. The lowest BCUT2D eigenvalue weighted by molar-refractivity contribution is 0.627. The average Bonchev–Trinajstić information content (AvgIpc) is 2.42. The summed E-state index contributed by atoms with van der Waals surface area (Å²) < 4.78 is 13.7. The molecule has 0 amide bonds. The summed E-state index contributed by atoms with van der Waals surface area (Å²) in [5.74, 6) is -0.457. The summed E-state index contributed by atoms with van der Waals surface area (Å²) in [6.07, 6.45) is 0. The molecule has 0 fully saturated rings. The number of hydrogen-bond donors (Lipinski definition) is 1. The van der Waals surface area contributed by atoms with Gasteiger partial charge in [0.15, 0.2) is 0 Å². The predicted octanol–water partition coefficient (Wildman–Crippen LogP) is 4.08. The predicted molar refractivity (Wildman–Crippen MR) is 73.3 cm³/mol. The number of hydrogen-bond acceptors (Lipinski definition) is 3. The summed E-state index contributed by atoms with van der Waals surface area (Å²) in [4.78, 5) is 0. The van der Waals surface area contributed by atoms with Crippen molar-refractivity contribution in [2.45, 2.75) is 0 Å². The van der Waals surface area contributed by atoms with Gasteiger partial charge in [0.05, 0.1) is 28.6 Å². The van der Waals surface area contributed by atoms with Crippen LogP contribution in [0.3, 0.4) is 0 Å². The third-order valence-corrected chi connectivity index (χ3v) is 3.13. The van der Waals surface area contributed by atoms with Gasteiger partial charge in [0, 0.05) is 4.47 Å². The third kappa shape index (κ3) is 2.90. The Kier molecular flexibility index (Phi) is 3.79. The van der Waals surface area contributed by atoms with Crippen molar-refractivity contribution in [2.75, 3.05) is 5.32 Å². The fraction of sp³-hybridized carbons (Fsp3) is 0. The van der Waals surface area contributed by atoms with E-state index < -0.39 is 5.82 Å². The van der Waals surface area contributed by atoms with Crippen molar-refractivity contribution in [3.63, 3.8) is 0 Å². The van der Waals surface area contributed by atoms with Crippen molar-refractivity contribution in [3.05, 3.63) is 57.8 Å². The normalized spacial score (nSPS) is 9.47. The van der Waals surface area contributed by atoms with Gasteiger partial charge in [-0.2, -0.15) is 10.5 Å². The minimum Gasteiger partial charge on any atom is -0.354 e. The smallest absolute Gasteiger partial charge is 0.124 e. The summed E-state index contributed by atoms with van der Waals surface area (Å²) >= 11 is 3.34. The Morgan fingerprint density at radius 3 is 2.37 bits per heavy atom. The first-order valence-corrected chi connectivity index (χ1v) is 6.09. The maximum Gasteiger partial charge on any atom is 0.124 e. The molecule has 19 heavy (non-hydrogen) atoms. The molecule has 2 aromatic carbocycles. The molecule has 5 heteroatoms. The number of nitriles is 2. The Morgan fingerprint density at radius 2 is 1.74 bits per heavy atom. The van der Waals surface area contributed by atoms with Crippen LogP contribution in [0, 0.1) is 28.5 Å². The second kappa shape index (κ2) is 5.51. The second-order valence-corrected chi connectivity index (χ2v) is 4.59. The third-order valence-electron chi connectivity index (χ3n) is 2.47. The van der Waals surface area contributed by atoms with Crippen LogP contribution in [0.5, 0.6) is 0 Å². The van der Waals surface area contributed by atoms with Crippen LogP contribution in [0.4, 0.5) is 15.8 Å². The minimum atomic E-state index is -0.457. The van der Waals surface area contributed by atoms with Crippen molar-refractivity contribution in [3.8, 4) is 12.1 Å². The molecule has 3 nitrogen and oxygen atoms in total. The van der Waals surface area contributed by atoms with Gasteiger partial charge in [0.2, 0.25) is 0 Å². The highest BCUT2D eigenvalue weighted by molar-refractivity contribution is 9.10. The van der Waals surface area contributed by atoms with Gasteiger partial charge >= 0.3 is 0 Å². The number of anilines is 2. The van der Waals surface area contributed by atoms with E-state index in [4.69, 9.17) is 10.5 Å². The fourth-order valence-corrected chi connectivity index (χ4v) is 2.03. The van der Waals surface area contributed by atoms with Crippen LogP contribution in [-0.2, 0) is 0 Å². The minimum absolute atomic E-state index is 0.219. The molecule has 0 radical (unpaired) electrons. The Morgan fingerprint density at radius 1 is 1.00 bits per heavy atom. The van der Waals surface area contributed by atoms with Crippen molar-refractivity contribution in [1.82, 2.24) is 0 Å². The van der Waals surface area contributed by atoms with Gasteiger partial charge in [-0.15, -0.1) is 0 Å². The first-order chi connectivity index (χ1) is 9.13. The van der Waals surface area contributed by atoms with E-state index in [-0.39, 0.29) is 5.56 Å². The van der Waals surface area contributed by atoms with E-state index >= 15 is 0 Å². The quantitative estimate of drug-likeness (QED) is 0.908. The maximum absolute atomic E-state index is 13.0. The van der Waals surface area contributed by atoms with Gasteiger partial charge < -0.3 is 5.32 Å². The van der Waals surface area contributed by atoms with Crippen molar-refractivity contribution in [2.24, 2.45) is 0 Å². The molecule has 0 aliphatic rings. The molecule has 0 bridgehead atoms. The largest absolute Gasteiger partial charge is 0.354 e. The molecule has 0 unspecified atom stereocenters. The summed E-state index contributed by atoms with van der Waals surface area (Å²) in [5, 5.41) is 20.8. The number of rotatable bonds is 2. The van der Waals surface area contributed by atoms with Crippen LogP contribution < -0.4 is 5.32 Å². The highest BCUT2D eigenvalue weighted by Gasteiger charge is 2.06. The zero-order valence-corrected chi connectivity index (χ0v) is 11.2. The second-order valence-electron chi connectivity index (χ2n) is 3.73. The SMILES string of the molecule is N#Cc1ccc(Nc2ccc(F)cc2C#N)c(Br)c1. The van der Waals surface area contributed by atoms with E-state index in [1.54, 1.807) is 18.2 Å². The Labute approximate surface area is 118 Å². The van der Waals surface area contributed by atoms with Crippen LogP contribution >= 0.6 is 15.9 Å².